The van der Waals surface area contributed by atoms with Gasteiger partial charge in [0.05, 0.1) is 18.7 Å². The molecule has 0 unspecified atom stereocenters. The van der Waals surface area contributed by atoms with E-state index in [2.05, 4.69) is 44.1 Å². The van der Waals surface area contributed by atoms with Gasteiger partial charge in [-0.3, -0.25) is 9.58 Å². The fraction of sp³-hybridized carbons (Fsp3) is 0.542. The van der Waals surface area contributed by atoms with Crippen molar-refractivity contribution in [1.29, 1.82) is 0 Å². The van der Waals surface area contributed by atoms with E-state index >= 15 is 0 Å². The summed E-state index contributed by atoms with van der Waals surface area (Å²) >= 11 is 0. The van der Waals surface area contributed by atoms with Crippen molar-refractivity contribution in [1.82, 2.24) is 24.6 Å². The summed E-state index contributed by atoms with van der Waals surface area (Å²) in [6.07, 6.45) is 6.85. The zero-order chi connectivity index (χ0) is 21.8. The van der Waals surface area contributed by atoms with Crippen molar-refractivity contribution in [3.05, 3.63) is 36.0 Å². The van der Waals surface area contributed by atoms with Gasteiger partial charge in [0.2, 0.25) is 5.95 Å². The lowest BCUT2D eigenvalue weighted by Crippen LogP contribution is -2.60. The van der Waals surface area contributed by atoms with E-state index in [1.54, 1.807) is 18.0 Å². The van der Waals surface area contributed by atoms with Crippen LogP contribution in [-0.4, -0.2) is 57.4 Å². The van der Waals surface area contributed by atoms with Gasteiger partial charge in [-0.25, -0.2) is 0 Å². The van der Waals surface area contributed by atoms with Gasteiger partial charge >= 0.3 is 0 Å². The molecule has 4 atom stereocenters. The van der Waals surface area contributed by atoms with Gasteiger partial charge in [0.15, 0.2) is 5.65 Å². The van der Waals surface area contributed by atoms with E-state index in [0.29, 0.717) is 29.7 Å². The van der Waals surface area contributed by atoms with E-state index < -0.39 is 0 Å². The van der Waals surface area contributed by atoms with Crippen LogP contribution in [0.4, 0.5) is 11.8 Å². The van der Waals surface area contributed by atoms with Gasteiger partial charge in [-0.2, -0.15) is 15.1 Å². The summed E-state index contributed by atoms with van der Waals surface area (Å²) in [5.74, 6) is 3.46. The molecule has 3 aliphatic rings. The summed E-state index contributed by atoms with van der Waals surface area (Å²) in [4.78, 5) is 14.7. The standard InChI is InChI=1S/C24H31N7O/c1-29-23-19(11-26-29)22(25)27-24(28-23)30-12-15-10-17(14-30)21-5-3-4-20(31(21)13-15)16-6-8-18(32-2)9-7-16/h6-9,11,15,17,20-21H,3-5,10,12-14H2,1-2H3,(H2,25,27,28)/t15-,17+,20+,21-/m0/s1. The lowest BCUT2D eigenvalue weighted by atomic mass is 9.74. The molecule has 0 aliphatic carbocycles. The Morgan fingerprint density at radius 3 is 2.72 bits per heavy atom. The van der Waals surface area contributed by atoms with Crippen molar-refractivity contribution < 1.29 is 4.74 Å². The minimum absolute atomic E-state index is 0.509. The van der Waals surface area contributed by atoms with E-state index in [0.717, 1.165) is 42.4 Å². The number of aromatic nitrogens is 4. The van der Waals surface area contributed by atoms with Gasteiger partial charge in [-0.1, -0.05) is 12.1 Å². The number of aryl methyl sites for hydroxylation is 1. The Balaban J connectivity index is 1.26. The molecule has 5 heterocycles. The van der Waals surface area contributed by atoms with Crippen LogP contribution in [-0.2, 0) is 7.05 Å². The van der Waals surface area contributed by atoms with E-state index in [1.165, 1.54) is 31.2 Å². The first-order chi connectivity index (χ1) is 15.6. The molecule has 3 saturated heterocycles. The van der Waals surface area contributed by atoms with Crippen LogP contribution in [0.3, 0.4) is 0 Å². The van der Waals surface area contributed by atoms with Gasteiger partial charge in [0.1, 0.15) is 11.6 Å². The number of piperidine rings is 3. The average molecular weight is 434 g/mol. The number of hydrogen-bond donors (Lipinski definition) is 1. The van der Waals surface area contributed by atoms with Crippen LogP contribution in [0, 0.1) is 11.8 Å². The number of fused-ring (bicyclic) bond motifs is 5. The molecule has 3 aromatic rings. The van der Waals surface area contributed by atoms with E-state index in [9.17, 15) is 0 Å². The number of rotatable bonds is 3. The first-order valence-electron chi connectivity index (χ1n) is 11.7. The third-order valence-corrected chi connectivity index (χ3v) is 7.78. The van der Waals surface area contributed by atoms with Crippen LogP contribution >= 0.6 is 0 Å². The minimum atomic E-state index is 0.509. The zero-order valence-corrected chi connectivity index (χ0v) is 18.8. The van der Waals surface area contributed by atoms with Crippen molar-refractivity contribution in [3.8, 4) is 5.75 Å². The Morgan fingerprint density at radius 1 is 1.06 bits per heavy atom. The Kier molecular flexibility index (Phi) is 4.71. The normalized spacial score (nSPS) is 28.0. The van der Waals surface area contributed by atoms with E-state index in [1.807, 2.05) is 7.05 Å². The quantitative estimate of drug-likeness (QED) is 0.680. The maximum absolute atomic E-state index is 6.25. The Bertz CT molecular complexity index is 1130. The van der Waals surface area contributed by atoms with Crippen molar-refractivity contribution >= 4 is 22.8 Å². The molecule has 0 radical (unpaired) electrons. The first-order valence-corrected chi connectivity index (χ1v) is 11.7. The number of ether oxygens (including phenoxy) is 1. The van der Waals surface area contributed by atoms with Crippen molar-refractivity contribution in [2.75, 3.05) is 37.4 Å². The lowest BCUT2D eigenvalue weighted by Gasteiger charge is -2.55. The van der Waals surface area contributed by atoms with Gasteiger partial charge < -0.3 is 15.4 Å². The summed E-state index contributed by atoms with van der Waals surface area (Å²) in [6, 6.07) is 9.83. The summed E-state index contributed by atoms with van der Waals surface area (Å²) in [6.45, 7) is 3.12. The molecule has 6 rings (SSSR count). The molecule has 2 N–H and O–H groups in total. The van der Waals surface area contributed by atoms with Crippen LogP contribution in [0.15, 0.2) is 30.5 Å². The summed E-state index contributed by atoms with van der Waals surface area (Å²) in [5, 5.41) is 5.13. The Labute approximate surface area is 188 Å². The van der Waals surface area contributed by atoms with Crippen molar-refractivity contribution in [3.63, 3.8) is 0 Å². The molecule has 3 fully saturated rings. The summed E-state index contributed by atoms with van der Waals surface area (Å²) < 4.78 is 7.15. The molecule has 0 saturated carbocycles. The van der Waals surface area contributed by atoms with Crippen molar-refractivity contribution in [2.45, 2.75) is 37.8 Å². The number of nitrogen functional groups attached to an aromatic ring is 1. The van der Waals surface area contributed by atoms with Gasteiger partial charge in [-0.05, 0) is 55.2 Å². The fourth-order valence-electron chi connectivity index (χ4n) is 6.33. The Hall–Kier alpha value is -2.87. The maximum Gasteiger partial charge on any atom is 0.229 e. The van der Waals surface area contributed by atoms with Crippen LogP contribution in [0.5, 0.6) is 5.75 Å². The maximum atomic E-state index is 6.25. The second-order valence-corrected chi connectivity index (χ2v) is 9.67. The fourth-order valence-corrected chi connectivity index (χ4v) is 6.33. The number of benzene rings is 1. The molecule has 3 aliphatic heterocycles. The molecule has 2 aromatic heterocycles. The highest BCUT2D eigenvalue weighted by Crippen LogP contribution is 2.45. The molecule has 8 nitrogen and oxygen atoms in total. The molecule has 0 spiro atoms. The molecular formula is C24H31N7O. The second-order valence-electron chi connectivity index (χ2n) is 9.67. The minimum Gasteiger partial charge on any atom is -0.497 e. The predicted octanol–water partition coefficient (Wildman–Crippen LogP) is 3.01. The summed E-state index contributed by atoms with van der Waals surface area (Å²) in [7, 11) is 3.63. The number of nitrogens with zero attached hydrogens (tertiary/aromatic N) is 6. The van der Waals surface area contributed by atoms with Gasteiger partial charge in [0, 0.05) is 38.8 Å². The van der Waals surface area contributed by atoms with Crippen LogP contribution in [0.2, 0.25) is 0 Å². The third kappa shape index (κ3) is 3.20. The second kappa shape index (κ2) is 7.62. The largest absolute Gasteiger partial charge is 0.497 e. The SMILES string of the molecule is COc1ccc([C@H]2CCC[C@H]3[C@@H]4C[C@@H](CN(c5nc(N)c6cnn(C)c6n5)C4)CN23)cc1. The molecule has 1 aromatic carbocycles. The predicted molar refractivity (Wildman–Crippen MR) is 125 cm³/mol. The molecular weight excluding hydrogens is 402 g/mol. The zero-order valence-electron chi connectivity index (χ0n) is 18.8. The average Bonchev–Trinajstić information content (AvgIpc) is 3.20. The van der Waals surface area contributed by atoms with Crippen LogP contribution in [0.25, 0.3) is 11.0 Å². The summed E-state index contributed by atoms with van der Waals surface area (Å²) in [5.41, 5.74) is 8.48. The lowest BCUT2D eigenvalue weighted by molar-refractivity contribution is -0.0202. The van der Waals surface area contributed by atoms with Gasteiger partial charge in [-0.15, -0.1) is 0 Å². The molecule has 8 heteroatoms. The highest BCUT2D eigenvalue weighted by atomic mass is 16.5. The van der Waals surface area contributed by atoms with Crippen LogP contribution in [0.1, 0.15) is 37.3 Å². The Morgan fingerprint density at radius 2 is 1.91 bits per heavy atom. The third-order valence-electron chi connectivity index (χ3n) is 7.78. The van der Waals surface area contributed by atoms with Crippen molar-refractivity contribution in [2.24, 2.45) is 18.9 Å². The van der Waals surface area contributed by atoms with E-state index in [-0.39, 0.29) is 0 Å². The molecule has 168 valence electrons. The van der Waals surface area contributed by atoms with E-state index in [4.69, 9.17) is 15.5 Å². The monoisotopic (exact) mass is 433 g/mol. The molecule has 0 amide bonds. The van der Waals surface area contributed by atoms with Gasteiger partial charge in [0.25, 0.3) is 0 Å². The highest BCUT2D eigenvalue weighted by molar-refractivity contribution is 5.86. The topological polar surface area (TPSA) is 85.3 Å². The number of anilines is 2. The number of methoxy groups -OCH3 is 1. The highest BCUT2D eigenvalue weighted by Gasteiger charge is 2.45. The van der Waals surface area contributed by atoms with Crippen LogP contribution < -0.4 is 15.4 Å². The molecule has 2 bridgehead atoms. The number of nitrogens with two attached hydrogens (primary N) is 1. The number of hydrogen-bond acceptors (Lipinski definition) is 7. The first kappa shape index (κ1) is 19.8. The smallest absolute Gasteiger partial charge is 0.229 e. The molecule has 32 heavy (non-hydrogen) atoms.